The highest BCUT2D eigenvalue weighted by atomic mass is 16.7. The van der Waals surface area contributed by atoms with Crippen LogP contribution in [0.25, 0.3) is 10.8 Å². The summed E-state index contributed by atoms with van der Waals surface area (Å²) in [6.45, 7) is 24.5. The molecule has 7 heterocycles. The second-order valence-corrected chi connectivity index (χ2v) is 23.1. The van der Waals surface area contributed by atoms with Crippen molar-refractivity contribution < 1.29 is 48.7 Å². The van der Waals surface area contributed by atoms with Crippen LogP contribution in [-0.2, 0) is 23.9 Å². The zero-order valence-corrected chi connectivity index (χ0v) is 45.5. The maximum atomic E-state index is 14.9. The number of amides is 2. The van der Waals surface area contributed by atoms with Gasteiger partial charge in [0.25, 0.3) is 11.7 Å². The maximum Gasteiger partial charge on any atom is 0.318 e. The van der Waals surface area contributed by atoms with Gasteiger partial charge in [0.15, 0.2) is 11.4 Å². The van der Waals surface area contributed by atoms with Crippen LogP contribution >= 0.6 is 0 Å². The molecule has 404 valence electrons. The van der Waals surface area contributed by atoms with Gasteiger partial charge in [0.1, 0.15) is 34.6 Å². The minimum Gasteiger partial charge on any atom is -0.507 e. The predicted octanol–water partition coefficient (Wildman–Crippen LogP) is 7.64. The molecule has 3 saturated heterocycles. The Bertz CT molecular complexity index is 2690. The van der Waals surface area contributed by atoms with Crippen LogP contribution in [0, 0.1) is 42.4 Å². The molecule has 0 radical (unpaired) electrons. The van der Waals surface area contributed by atoms with Gasteiger partial charge in [-0.2, -0.15) is 0 Å². The molecule has 7 aliphatic rings. The van der Waals surface area contributed by atoms with Gasteiger partial charge in [0, 0.05) is 81.0 Å². The van der Waals surface area contributed by atoms with E-state index in [4.69, 9.17) is 24.2 Å². The van der Waals surface area contributed by atoms with Gasteiger partial charge in [-0.3, -0.25) is 29.2 Å². The molecule has 0 aliphatic carbocycles. The fourth-order valence-corrected chi connectivity index (χ4v) is 12.4. The van der Waals surface area contributed by atoms with Gasteiger partial charge in [-0.15, -0.1) is 0 Å². The summed E-state index contributed by atoms with van der Waals surface area (Å²) in [6.07, 6.45) is 14.5. The highest BCUT2D eigenvalue weighted by Crippen LogP contribution is 2.50. The smallest absolute Gasteiger partial charge is 0.318 e. The van der Waals surface area contributed by atoms with E-state index in [2.05, 4.69) is 29.0 Å². The average molecular weight is 1020 g/mol. The van der Waals surface area contributed by atoms with Crippen molar-refractivity contribution in [2.24, 2.45) is 45.5 Å². The number of phenols is 2. The predicted molar refractivity (Wildman–Crippen MR) is 283 cm³/mol. The number of allylic oxidation sites excluding steroid dienone is 4. The van der Waals surface area contributed by atoms with Crippen molar-refractivity contribution in [1.82, 2.24) is 14.7 Å². The topological polar surface area (TPSA) is 203 Å². The highest BCUT2D eigenvalue weighted by molar-refractivity contribution is 6.19. The number of fused-ring (bicyclic) bond motifs is 13. The number of anilines is 1. The molecule has 16 heteroatoms. The van der Waals surface area contributed by atoms with Crippen LogP contribution in [0.1, 0.15) is 142 Å². The van der Waals surface area contributed by atoms with Crippen LogP contribution in [0.3, 0.4) is 0 Å². The summed E-state index contributed by atoms with van der Waals surface area (Å²) in [5.41, 5.74) is -0.377. The van der Waals surface area contributed by atoms with Crippen LogP contribution in [0.15, 0.2) is 46.1 Å². The van der Waals surface area contributed by atoms with E-state index in [1.54, 1.807) is 32.1 Å². The first-order valence-corrected chi connectivity index (χ1v) is 27.6. The highest BCUT2D eigenvalue weighted by Gasteiger charge is 2.50. The van der Waals surface area contributed by atoms with Gasteiger partial charge in [0.05, 0.1) is 28.7 Å². The summed E-state index contributed by atoms with van der Waals surface area (Å²) in [7, 11) is 0. The molecule has 5 bridgehead atoms. The van der Waals surface area contributed by atoms with Crippen molar-refractivity contribution >= 4 is 40.0 Å². The normalized spacial score (nSPS) is 30.4. The number of aliphatic hydroxyl groups excluding tert-OH is 1. The minimum absolute atomic E-state index is 0.0136. The average Bonchev–Trinajstić information content (AvgIpc) is 3.89. The van der Waals surface area contributed by atoms with Gasteiger partial charge >= 0.3 is 11.8 Å². The molecule has 5 unspecified atom stereocenters. The summed E-state index contributed by atoms with van der Waals surface area (Å²) in [6, 6.07) is 0.448. The van der Waals surface area contributed by atoms with E-state index < -0.39 is 58.9 Å². The number of phenolic OH excluding ortho intramolecular Hbond substituents is 2. The van der Waals surface area contributed by atoms with Gasteiger partial charge in [-0.25, -0.2) is 0 Å². The third-order valence-corrected chi connectivity index (χ3v) is 16.8. The zero-order valence-electron chi connectivity index (χ0n) is 45.5. The molecule has 3 fully saturated rings. The third-order valence-electron chi connectivity index (χ3n) is 16.8. The van der Waals surface area contributed by atoms with Gasteiger partial charge < -0.3 is 49.5 Å². The molecule has 2 aromatic rings. The second kappa shape index (κ2) is 22.5. The van der Waals surface area contributed by atoms with E-state index in [9.17, 15) is 34.5 Å². The summed E-state index contributed by atoms with van der Waals surface area (Å²) in [4.78, 5) is 74.5. The number of nitrogens with zero attached hydrogens (tertiary/aromatic N) is 5. The van der Waals surface area contributed by atoms with E-state index in [0.29, 0.717) is 56.3 Å². The van der Waals surface area contributed by atoms with Crippen LogP contribution < -0.4 is 20.8 Å². The molecule has 9 rings (SSSR count). The Morgan fingerprint density at radius 3 is 2.26 bits per heavy atom. The minimum atomic E-state index is -1.92. The lowest BCUT2D eigenvalue weighted by atomic mass is 9.80. The molecule has 1 spiro atoms. The number of Topliss-reactive ketones (excluding diaryl/α,β-unsaturated/α-hetero) is 1. The second-order valence-electron chi connectivity index (χ2n) is 23.1. The number of likely N-dealkylation sites (tertiary alicyclic amines) is 3. The molecule has 2 amide bonds. The van der Waals surface area contributed by atoms with Crippen molar-refractivity contribution in [3.8, 4) is 17.2 Å². The van der Waals surface area contributed by atoms with Crippen molar-refractivity contribution in [3.63, 3.8) is 0 Å². The Morgan fingerprint density at radius 2 is 1.59 bits per heavy atom. The SMILES string of the molecule is CCC(C(=O)OC1[C@H](C)C(O)[C@H](C)CC(C)/C=C/C=C(/C)C(=O)Nc2c(O)c3c(O)c(C)c4c(c3c3c2=NC2(CCN(CC(C)C)CC2)N=3)C(=O)C(C)(O/C=C/C[C@H]1C)O4)C(=O)N1CCC(N2CCCCC2)CC1. The van der Waals surface area contributed by atoms with E-state index in [1.807, 2.05) is 45.6 Å². The number of hydrogen-bond acceptors (Lipinski definition) is 14. The molecule has 74 heavy (non-hydrogen) atoms. The number of ether oxygens (including phenoxy) is 3. The Kier molecular flexibility index (Phi) is 16.7. The molecule has 2 aromatic carbocycles. The third kappa shape index (κ3) is 11.0. The summed E-state index contributed by atoms with van der Waals surface area (Å²) < 4.78 is 19.0. The van der Waals surface area contributed by atoms with Crippen LogP contribution in [0.5, 0.6) is 17.2 Å². The summed E-state index contributed by atoms with van der Waals surface area (Å²) in [5.74, 6) is -6.28. The molecule has 4 N–H and O–H groups in total. The number of carbonyl (C=O) groups excluding carboxylic acids is 4. The first kappa shape index (κ1) is 54.9. The first-order chi connectivity index (χ1) is 35.2. The Labute approximate surface area is 437 Å². The molecule has 0 aromatic heterocycles. The molecule has 16 nitrogen and oxygen atoms in total. The number of aromatic hydroxyl groups is 2. The quantitative estimate of drug-likeness (QED) is 0.120. The van der Waals surface area contributed by atoms with Gasteiger partial charge in [0.2, 0.25) is 5.91 Å². The first-order valence-electron chi connectivity index (χ1n) is 27.6. The number of esters is 1. The Hall–Kier alpha value is -5.32. The van der Waals surface area contributed by atoms with Crippen LogP contribution in [0.2, 0.25) is 0 Å². The van der Waals surface area contributed by atoms with Gasteiger partial charge in [-0.05, 0) is 102 Å². The van der Waals surface area contributed by atoms with Crippen LogP contribution in [0.4, 0.5) is 5.69 Å². The standard InChI is InChI=1S/C58H82N6O10/c1-11-41(55(70)64-26-20-40(21-27-64)63-24-13-12-14-25-63)56(71)73-51-35(5)19-16-30-72-57(10)53(68)44-42-43(49(66)39(9)52(44)74-57)50(67)47(46-45(42)60-58(61-46)22-28-62(29-23-58)32-33(2)3)59-54(69)36(6)18-15-17-34(4)31-37(7)48(65)38(51)8/h15-18,30,33-35,37-38,40-41,48,51,65-67H,11-14,19-29,31-32H2,1-10H3,(H,59,69)/b17-15+,30-16+,36-18-/t34?,35-,37-,38-,41?,48?,51?,57?/m1/s1. The summed E-state index contributed by atoms with van der Waals surface area (Å²) in [5, 5.41) is 39.7. The number of ketones is 1. The lowest BCUT2D eigenvalue weighted by Crippen LogP contribution is -2.50. The number of carbonyl (C=O) groups is 4. The van der Waals surface area contributed by atoms with E-state index >= 15 is 0 Å². The fourth-order valence-electron chi connectivity index (χ4n) is 12.4. The van der Waals surface area contributed by atoms with E-state index in [1.165, 1.54) is 32.4 Å². The monoisotopic (exact) mass is 1020 g/mol. The molecule has 0 saturated carbocycles. The number of nitrogens with one attached hydrogen (secondary N) is 1. The van der Waals surface area contributed by atoms with Crippen molar-refractivity contribution in [1.29, 1.82) is 0 Å². The lowest BCUT2D eigenvalue weighted by Gasteiger charge is -2.41. The van der Waals surface area contributed by atoms with E-state index in [0.717, 1.165) is 45.6 Å². The van der Waals surface area contributed by atoms with Crippen molar-refractivity contribution in [2.75, 3.05) is 51.1 Å². The number of rotatable bonds is 7. The summed E-state index contributed by atoms with van der Waals surface area (Å²) >= 11 is 0. The fraction of sp³-hybridized carbons (Fsp3) is 0.655. The molecule has 8 atom stereocenters. The van der Waals surface area contributed by atoms with Crippen molar-refractivity contribution in [3.05, 3.63) is 58.0 Å². The number of hydrogen-bond donors (Lipinski definition) is 4. The molecular formula is C58H82N6O10. The largest absolute Gasteiger partial charge is 0.507 e. The molecular weight excluding hydrogens is 941 g/mol. The number of benzene rings is 2. The number of piperidine rings is 3. The lowest BCUT2D eigenvalue weighted by molar-refractivity contribution is -0.168. The Morgan fingerprint density at radius 1 is 0.919 bits per heavy atom. The zero-order chi connectivity index (χ0) is 53.4. The van der Waals surface area contributed by atoms with E-state index in [-0.39, 0.29) is 79.9 Å². The molecule has 7 aliphatic heterocycles. The Balaban J connectivity index is 1.12. The van der Waals surface area contributed by atoms with Gasteiger partial charge in [-0.1, -0.05) is 73.1 Å². The maximum absolute atomic E-state index is 14.9. The van der Waals surface area contributed by atoms with Crippen LogP contribution in [-0.4, -0.2) is 129 Å². The number of aliphatic hydroxyl groups is 1. The van der Waals surface area contributed by atoms with Crippen molar-refractivity contribution in [2.45, 2.75) is 163 Å².